The minimum atomic E-state index is -0.982. The molecule has 4 heteroatoms. The standard InChI is InChI=1S/C12H16N2O2/c15-12(16)10-6-3-7-11(14-10)13-8-9-4-1-2-5-9/h3,6-7,9H,1-2,4-5,8H2,(H,13,14)(H,15,16). The molecule has 0 unspecified atom stereocenters. The quantitative estimate of drug-likeness (QED) is 0.817. The molecule has 0 amide bonds. The van der Waals surface area contributed by atoms with Crippen molar-refractivity contribution in [1.29, 1.82) is 0 Å². The van der Waals surface area contributed by atoms with Crippen molar-refractivity contribution in [2.24, 2.45) is 5.92 Å². The third kappa shape index (κ3) is 2.72. The molecule has 1 saturated carbocycles. The van der Waals surface area contributed by atoms with Crippen molar-refractivity contribution >= 4 is 11.8 Å². The maximum atomic E-state index is 10.7. The van der Waals surface area contributed by atoms with Gasteiger partial charge in [0.15, 0.2) is 5.69 Å². The first-order valence-corrected chi connectivity index (χ1v) is 5.70. The van der Waals surface area contributed by atoms with Crippen LogP contribution >= 0.6 is 0 Å². The molecule has 4 nitrogen and oxygen atoms in total. The summed E-state index contributed by atoms with van der Waals surface area (Å²) in [5.41, 5.74) is 0.0939. The number of rotatable bonds is 4. The molecular weight excluding hydrogens is 204 g/mol. The van der Waals surface area contributed by atoms with Gasteiger partial charge in [-0.3, -0.25) is 0 Å². The van der Waals surface area contributed by atoms with Crippen molar-refractivity contribution in [3.05, 3.63) is 23.9 Å². The van der Waals surface area contributed by atoms with Crippen molar-refractivity contribution in [2.75, 3.05) is 11.9 Å². The summed E-state index contributed by atoms with van der Waals surface area (Å²) >= 11 is 0. The Morgan fingerprint density at radius 1 is 1.44 bits per heavy atom. The van der Waals surface area contributed by atoms with Gasteiger partial charge in [-0.05, 0) is 30.9 Å². The molecule has 2 rings (SSSR count). The largest absolute Gasteiger partial charge is 0.477 e. The minimum absolute atomic E-state index is 0.0939. The molecule has 0 aliphatic heterocycles. The molecule has 0 atom stereocenters. The Bertz CT molecular complexity index is 373. The van der Waals surface area contributed by atoms with Crippen LogP contribution in [0.2, 0.25) is 0 Å². The van der Waals surface area contributed by atoms with Gasteiger partial charge in [-0.1, -0.05) is 18.9 Å². The van der Waals surface area contributed by atoms with Gasteiger partial charge in [0.1, 0.15) is 5.82 Å². The zero-order valence-electron chi connectivity index (χ0n) is 9.15. The van der Waals surface area contributed by atoms with Crippen molar-refractivity contribution in [3.63, 3.8) is 0 Å². The molecule has 1 fully saturated rings. The maximum absolute atomic E-state index is 10.7. The van der Waals surface area contributed by atoms with Crippen molar-refractivity contribution in [1.82, 2.24) is 4.98 Å². The van der Waals surface area contributed by atoms with Crippen LogP contribution in [0.4, 0.5) is 5.82 Å². The molecule has 1 aliphatic rings. The molecule has 1 aromatic rings. The van der Waals surface area contributed by atoms with Gasteiger partial charge in [-0.2, -0.15) is 0 Å². The van der Waals surface area contributed by atoms with Gasteiger partial charge in [0, 0.05) is 6.54 Å². The average Bonchev–Trinajstić information content (AvgIpc) is 2.79. The lowest BCUT2D eigenvalue weighted by Crippen LogP contribution is -2.13. The first-order valence-electron chi connectivity index (χ1n) is 5.70. The molecule has 0 spiro atoms. The van der Waals surface area contributed by atoms with E-state index in [2.05, 4.69) is 10.3 Å². The normalized spacial score (nSPS) is 16.2. The van der Waals surface area contributed by atoms with E-state index >= 15 is 0 Å². The number of anilines is 1. The highest BCUT2D eigenvalue weighted by Gasteiger charge is 2.14. The Kier molecular flexibility index (Phi) is 3.39. The van der Waals surface area contributed by atoms with E-state index in [0.717, 1.165) is 12.5 Å². The number of aromatic carboxylic acids is 1. The van der Waals surface area contributed by atoms with Crippen LogP contribution < -0.4 is 5.32 Å². The number of carboxylic acids is 1. The van der Waals surface area contributed by atoms with E-state index in [1.165, 1.54) is 31.7 Å². The van der Waals surface area contributed by atoms with Crippen molar-refractivity contribution in [2.45, 2.75) is 25.7 Å². The Labute approximate surface area is 94.7 Å². The Hall–Kier alpha value is -1.58. The highest BCUT2D eigenvalue weighted by atomic mass is 16.4. The van der Waals surface area contributed by atoms with E-state index in [9.17, 15) is 4.79 Å². The van der Waals surface area contributed by atoms with Crippen LogP contribution in [0.3, 0.4) is 0 Å². The molecule has 2 N–H and O–H groups in total. The summed E-state index contributed by atoms with van der Waals surface area (Å²) in [5, 5.41) is 12.0. The van der Waals surface area contributed by atoms with Crippen LogP contribution in [0.25, 0.3) is 0 Å². The maximum Gasteiger partial charge on any atom is 0.354 e. The second kappa shape index (κ2) is 4.96. The number of hydrogen-bond donors (Lipinski definition) is 2. The van der Waals surface area contributed by atoms with Crippen LogP contribution in [0.1, 0.15) is 36.2 Å². The predicted octanol–water partition coefficient (Wildman–Crippen LogP) is 2.38. The molecule has 16 heavy (non-hydrogen) atoms. The van der Waals surface area contributed by atoms with Gasteiger partial charge in [-0.15, -0.1) is 0 Å². The summed E-state index contributed by atoms with van der Waals surface area (Å²) in [4.78, 5) is 14.7. The van der Waals surface area contributed by atoms with Gasteiger partial charge in [0.05, 0.1) is 0 Å². The van der Waals surface area contributed by atoms with Crippen molar-refractivity contribution < 1.29 is 9.90 Å². The van der Waals surface area contributed by atoms with Gasteiger partial charge >= 0.3 is 5.97 Å². The minimum Gasteiger partial charge on any atom is -0.477 e. The first-order chi connectivity index (χ1) is 7.75. The van der Waals surface area contributed by atoms with Crippen LogP contribution in [0, 0.1) is 5.92 Å². The predicted molar refractivity (Wildman–Crippen MR) is 61.6 cm³/mol. The number of nitrogens with one attached hydrogen (secondary N) is 1. The molecule has 0 saturated heterocycles. The van der Waals surface area contributed by atoms with E-state index in [1.807, 2.05) is 0 Å². The molecule has 1 aliphatic carbocycles. The molecule has 1 aromatic heterocycles. The zero-order valence-corrected chi connectivity index (χ0v) is 9.15. The fourth-order valence-electron chi connectivity index (χ4n) is 2.12. The third-order valence-corrected chi connectivity index (χ3v) is 3.01. The zero-order chi connectivity index (χ0) is 11.4. The van der Waals surface area contributed by atoms with Crippen LogP contribution in [0.5, 0.6) is 0 Å². The van der Waals surface area contributed by atoms with E-state index in [-0.39, 0.29) is 5.69 Å². The molecule has 0 aromatic carbocycles. The Morgan fingerprint density at radius 2 is 2.19 bits per heavy atom. The summed E-state index contributed by atoms with van der Waals surface area (Å²) in [5.74, 6) is 0.395. The number of nitrogens with zero attached hydrogens (tertiary/aromatic N) is 1. The van der Waals surface area contributed by atoms with Gasteiger partial charge < -0.3 is 10.4 Å². The van der Waals surface area contributed by atoms with Gasteiger partial charge in [0.2, 0.25) is 0 Å². The second-order valence-corrected chi connectivity index (χ2v) is 4.24. The van der Waals surface area contributed by atoms with E-state index in [1.54, 1.807) is 12.1 Å². The third-order valence-electron chi connectivity index (χ3n) is 3.01. The Balaban J connectivity index is 1.93. The lowest BCUT2D eigenvalue weighted by Gasteiger charge is -2.11. The highest BCUT2D eigenvalue weighted by Crippen LogP contribution is 2.24. The Morgan fingerprint density at radius 3 is 2.88 bits per heavy atom. The number of aromatic nitrogens is 1. The molecule has 86 valence electrons. The SMILES string of the molecule is O=C(O)c1cccc(NCC2CCCC2)n1. The van der Waals surface area contributed by atoms with Crippen LogP contribution in [-0.4, -0.2) is 22.6 Å². The topological polar surface area (TPSA) is 62.2 Å². The summed E-state index contributed by atoms with van der Waals surface area (Å²) in [6.07, 6.45) is 5.17. The van der Waals surface area contributed by atoms with E-state index in [4.69, 9.17) is 5.11 Å². The molecular formula is C12H16N2O2. The first kappa shape index (κ1) is 10.9. The molecule has 0 radical (unpaired) electrons. The van der Waals surface area contributed by atoms with Crippen LogP contribution in [0.15, 0.2) is 18.2 Å². The van der Waals surface area contributed by atoms with Gasteiger partial charge in [-0.25, -0.2) is 9.78 Å². The average molecular weight is 220 g/mol. The molecule has 1 heterocycles. The highest BCUT2D eigenvalue weighted by molar-refractivity contribution is 5.85. The van der Waals surface area contributed by atoms with E-state index in [0.29, 0.717) is 5.82 Å². The van der Waals surface area contributed by atoms with Gasteiger partial charge in [0.25, 0.3) is 0 Å². The number of pyridine rings is 1. The van der Waals surface area contributed by atoms with E-state index < -0.39 is 5.97 Å². The lowest BCUT2D eigenvalue weighted by atomic mass is 10.1. The summed E-state index contributed by atoms with van der Waals surface area (Å²) in [7, 11) is 0. The summed E-state index contributed by atoms with van der Waals surface area (Å²) in [6, 6.07) is 5.03. The van der Waals surface area contributed by atoms with Crippen molar-refractivity contribution in [3.8, 4) is 0 Å². The summed E-state index contributed by atoms with van der Waals surface area (Å²) in [6.45, 7) is 0.899. The smallest absolute Gasteiger partial charge is 0.354 e. The number of hydrogen-bond acceptors (Lipinski definition) is 3. The fourth-order valence-corrected chi connectivity index (χ4v) is 2.12. The fraction of sp³-hybridized carbons (Fsp3) is 0.500. The number of carbonyl (C=O) groups is 1. The monoisotopic (exact) mass is 220 g/mol. The lowest BCUT2D eigenvalue weighted by molar-refractivity contribution is 0.0690. The second-order valence-electron chi connectivity index (χ2n) is 4.24. The number of carboxylic acid groups (broad SMARTS) is 1. The van der Waals surface area contributed by atoms with Crippen LogP contribution in [-0.2, 0) is 0 Å². The summed E-state index contributed by atoms with van der Waals surface area (Å²) < 4.78 is 0. The molecule has 0 bridgehead atoms.